The third-order valence-corrected chi connectivity index (χ3v) is 2.36. The van der Waals surface area contributed by atoms with E-state index in [4.69, 9.17) is 9.84 Å². The van der Waals surface area contributed by atoms with Crippen LogP contribution >= 0.6 is 0 Å². The number of carboxylic acid groups (broad SMARTS) is 1. The van der Waals surface area contributed by atoms with E-state index in [1.54, 1.807) is 0 Å². The fourth-order valence-electron chi connectivity index (χ4n) is 1.59. The molecule has 1 aromatic heterocycles. The van der Waals surface area contributed by atoms with Gasteiger partial charge in [0.1, 0.15) is 11.6 Å². The van der Waals surface area contributed by atoms with Gasteiger partial charge in [0, 0.05) is 12.0 Å². The maximum atomic E-state index is 13.2. The van der Waals surface area contributed by atoms with Gasteiger partial charge in [0.05, 0.1) is 7.11 Å². The van der Waals surface area contributed by atoms with E-state index in [2.05, 4.69) is 15.4 Å². The number of aliphatic carboxylic acids is 1. The smallest absolute Gasteiger partial charge is 0.327 e. The standard InChI is InChI=1S/C11H11FN4O3/c1-19-9-3-2-8(12)4-7(9)5-10-13-15-16(14-10)6-11(17)18/h2-4H,5-6H2,1H3,(H,17,18). The van der Waals surface area contributed by atoms with Gasteiger partial charge in [-0.2, -0.15) is 4.80 Å². The van der Waals surface area contributed by atoms with Crippen LogP contribution in [0.2, 0.25) is 0 Å². The maximum Gasteiger partial charge on any atom is 0.327 e. The molecule has 0 saturated heterocycles. The molecule has 0 unspecified atom stereocenters. The van der Waals surface area contributed by atoms with E-state index >= 15 is 0 Å². The van der Waals surface area contributed by atoms with Gasteiger partial charge in [0.2, 0.25) is 0 Å². The molecule has 0 atom stereocenters. The lowest BCUT2D eigenvalue weighted by Gasteiger charge is -2.06. The highest BCUT2D eigenvalue weighted by Crippen LogP contribution is 2.21. The van der Waals surface area contributed by atoms with Gasteiger partial charge in [-0.3, -0.25) is 4.79 Å². The topological polar surface area (TPSA) is 90.1 Å². The van der Waals surface area contributed by atoms with Crippen LogP contribution in [0.15, 0.2) is 18.2 Å². The molecular weight excluding hydrogens is 255 g/mol. The highest BCUT2D eigenvalue weighted by Gasteiger charge is 2.11. The summed E-state index contributed by atoms with van der Waals surface area (Å²) in [4.78, 5) is 11.4. The van der Waals surface area contributed by atoms with Crippen LogP contribution in [0.3, 0.4) is 0 Å². The summed E-state index contributed by atoms with van der Waals surface area (Å²) in [6.45, 7) is -0.368. The Balaban J connectivity index is 2.18. The minimum Gasteiger partial charge on any atom is -0.496 e. The van der Waals surface area contributed by atoms with Crippen LogP contribution in [0.25, 0.3) is 0 Å². The molecule has 2 aromatic rings. The van der Waals surface area contributed by atoms with Crippen LogP contribution in [-0.4, -0.2) is 38.4 Å². The van der Waals surface area contributed by atoms with Crippen molar-refractivity contribution in [3.05, 3.63) is 35.4 Å². The van der Waals surface area contributed by atoms with Crippen LogP contribution in [-0.2, 0) is 17.8 Å². The molecule has 0 aliphatic rings. The zero-order valence-corrected chi connectivity index (χ0v) is 10.1. The number of hydrogen-bond donors (Lipinski definition) is 1. The Morgan fingerprint density at radius 3 is 3.00 bits per heavy atom. The van der Waals surface area contributed by atoms with Crippen molar-refractivity contribution in [2.45, 2.75) is 13.0 Å². The Morgan fingerprint density at radius 1 is 1.53 bits per heavy atom. The Morgan fingerprint density at radius 2 is 2.32 bits per heavy atom. The van der Waals surface area contributed by atoms with E-state index in [-0.39, 0.29) is 13.0 Å². The third kappa shape index (κ3) is 3.24. The Bertz CT molecular complexity index is 599. The summed E-state index contributed by atoms with van der Waals surface area (Å²) < 4.78 is 18.3. The monoisotopic (exact) mass is 266 g/mol. The molecule has 1 heterocycles. The minimum atomic E-state index is -1.06. The largest absolute Gasteiger partial charge is 0.496 e. The number of benzene rings is 1. The average molecular weight is 266 g/mol. The summed E-state index contributed by atoms with van der Waals surface area (Å²) in [5, 5.41) is 19.8. The number of aromatic nitrogens is 4. The summed E-state index contributed by atoms with van der Waals surface area (Å²) >= 11 is 0. The van der Waals surface area contributed by atoms with Crippen LogP contribution in [0.1, 0.15) is 11.4 Å². The summed E-state index contributed by atoms with van der Waals surface area (Å²) in [7, 11) is 1.48. The molecule has 0 amide bonds. The lowest BCUT2D eigenvalue weighted by atomic mass is 10.1. The molecule has 0 radical (unpaired) electrons. The van der Waals surface area contributed by atoms with Crippen LogP contribution < -0.4 is 4.74 Å². The summed E-state index contributed by atoms with van der Waals surface area (Å²) in [6, 6.07) is 4.11. The first-order chi connectivity index (χ1) is 9.08. The number of halogens is 1. The SMILES string of the molecule is COc1ccc(F)cc1Cc1nnn(CC(=O)O)n1. The minimum absolute atomic E-state index is 0.209. The van der Waals surface area contributed by atoms with Crippen molar-refractivity contribution in [1.82, 2.24) is 20.2 Å². The van der Waals surface area contributed by atoms with E-state index in [1.165, 1.54) is 25.3 Å². The van der Waals surface area contributed by atoms with Crippen molar-refractivity contribution < 1.29 is 19.0 Å². The number of ether oxygens (including phenoxy) is 1. The second kappa shape index (κ2) is 5.42. The number of carbonyl (C=O) groups is 1. The van der Waals surface area contributed by atoms with Gasteiger partial charge in [0.25, 0.3) is 0 Å². The van der Waals surface area contributed by atoms with Crippen molar-refractivity contribution >= 4 is 5.97 Å². The van der Waals surface area contributed by atoms with E-state index < -0.39 is 11.8 Å². The normalized spacial score (nSPS) is 10.4. The van der Waals surface area contributed by atoms with Gasteiger partial charge in [-0.05, 0) is 23.4 Å². The lowest BCUT2D eigenvalue weighted by Crippen LogP contribution is -2.11. The molecule has 0 bridgehead atoms. The summed E-state index contributed by atoms with van der Waals surface area (Å²) in [5.74, 6) is -0.651. The zero-order valence-electron chi connectivity index (χ0n) is 10.1. The van der Waals surface area contributed by atoms with Gasteiger partial charge in [-0.25, -0.2) is 4.39 Å². The molecule has 0 spiro atoms. The Labute approximate surface area is 107 Å². The number of rotatable bonds is 5. The van der Waals surface area contributed by atoms with Crippen molar-refractivity contribution in [3.8, 4) is 5.75 Å². The number of nitrogens with zero attached hydrogens (tertiary/aromatic N) is 4. The van der Waals surface area contributed by atoms with Crippen LogP contribution in [0.4, 0.5) is 4.39 Å². The van der Waals surface area contributed by atoms with Crippen LogP contribution in [0.5, 0.6) is 5.75 Å². The molecule has 0 saturated carbocycles. The highest BCUT2D eigenvalue weighted by molar-refractivity contribution is 5.66. The van der Waals surface area contributed by atoms with Gasteiger partial charge < -0.3 is 9.84 Å². The molecule has 19 heavy (non-hydrogen) atoms. The maximum absolute atomic E-state index is 13.2. The van der Waals surface area contributed by atoms with Gasteiger partial charge in [0.15, 0.2) is 12.4 Å². The van der Waals surface area contributed by atoms with Gasteiger partial charge >= 0.3 is 5.97 Å². The molecule has 1 N–H and O–H groups in total. The summed E-state index contributed by atoms with van der Waals surface area (Å²) in [6.07, 6.45) is 0.209. The van der Waals surface area contributed by atoms with E-state index in [0.717, 1.165) is 4.80 Å². The number of hydrogen-bond acceptors (Lipinski definition) is 5. The molecule has 0 fully saturated rings. The van der Waals surface area contributed by atoms with E-state index in [0.29, 0.717) is 17.1 Å². The number of tetrazole rings is 1. The number of carboxylic acids is 1. The molecule has 0 aliphatic carbocycles. The fourth-order valence-corrected chi connectivity index (χ4v) is 1.59. The molecule has 0 aliphatic heterocycles. The van der Waals surface area contributed by atoms with Gasteiger partial charge in [-0.15, -0.1) is 10.2 Å². The molecule has 8 heteroatoms. The Hall–Kier alpha value is -2.51. The van der Waals surface area contributed by atoms with E-state index in [1.807, 2.05) is 0 Å². The van der Waals surface area contributed by atoms with Crippen LogP contribution in [0, 0.1) is 5.82 Å². The molecule has 1 aromatic carbocycles. The molecule has 100 valence electrons. The molecular formula is C11H11FN4O3. The molecule has 7 nitrogen and oxygen atoms in total. The predicted molar refractivity (Wildman–Crippen MR) is 61.2 cm³/mol. The Kier molecular flexibility index (Phi) is 3.69. The molecule has 2 rings (SSSR count). The highest BCUT2D eigenvalue weighted by atomic mass is 19.1. The lowest BCUT2D eigenvalue weighted by molar-refractivity contribution is -0.138. The fraction of sp³-hybridized carbons (Fsp3) is 0.273. The second-order valence-corrected chi connectivity index (χ2v) is 3.76. The number of methoxy groups -OCH3 is 1. The first-order valence-corrected chi connectivity index (χ1v) is 5.39. The summed E-state index contributed by atoms with van der Waals surface area (Å²) in [5.41, 5.74) is 0.567. The predicted octanol–water partition coefficient (Wildman–Crippen LogP) is 0.496. The van der Waals surface area contributed by atoms with Crippen molar-refractivity contribution in [2.24, 2.45) is 0 Å². The van der Waals surface area contributed by atoms with Crippen molar-refractivity contribution in [1.29, 1.82) is 0 Å². The van der Waals surface area contributed by atoms with E-state index in [9.17, 15) is 9.18 Å². The quantitative estimate of drug-likeness (QED) is 0.847. The second-order valence-electron chi connectivity index (χ2n) is 3.76. The third-order valence-electron chi connectivity index (χ3n) is 2.36. The van der Waals surface area contributed by atoms with Crippen molar-refractivity contribution in [3.63, 3.8) is 0 Å². The van der Waals surface area contributed by atoms with Crippen molar-refractivity contribution in [2.75, 3.05) is 7.11 Å². The van der Waals surface area contributed by atoms with Gasteiger partial charge in [-0.1, -0.05) is 0 Å². The first-order valence-electron chi connectivity index (χ1n) is 5.39. The first kappa shape index (κ1) is 12.9. The zero-order chi connectivity index (χ0) is 13.8. The average Bonchev–Trinajstić information content (AvgIpc) is 2.76.